The first-order valence-electron chi connectivity index (χ1n) is 9.27. The highest BCUT2D eigenvalue weighted by Crippen LogP contribution is 2.36. The molecule has 4 nitrogen and oxygen atoms in total. The largest absolute Gasteiger partial charge is 0.366 e. The van der Waals surface area contributed by atoms with Crippen molar-refractivity contribution in [3.8, 4) is 0 Å². The monoisotopic (exact) mass is 424 g/mol. The standard InChI is InChI=1S/C22H21BrN2O2/c1-15-5-7-16(8-6-15)19-20(24-13-3-2-4-14-24)22(27)25(21(19)26)18-11-9-17(23)10-12-18/h5-12H,2-4,13-14H2,1H3. The maximum Gasteiger partial charge on any atom is 0.282 e. The van der Waals surface area contributed by atoms with E-state index in [2.05, 4.69) is 20.8 Å². The number of hydrogen-bond acceptors (Lipinski definition) is 3. The first-order valence-corrected chi connectivity index (χ1v) is 10.1. The lowest BCUT2D eigenvalue weighted by Crippen LogP contribution is -2.37. The second-order valence-corrected chi connectivity index (χ2v) is 7.98. The van der Waals surface area contributed by atoms with Gasteiger partial charge in [-0.15, -0.1) is 0 Å². The van der Waals surface area contributed by atoms with E-state index in [0.29, 0.717) is 17.0 Å². The van der Waals surface area contributed by atoms with Crippen LogP contribution in [0.3, 0.4) is 0 Å². The first kappa shape index (κ1) is 18.0. The number of imide groups is 1. The molecule has 138 valence electrons. The summed E-state index contributed by atoms with van der Waals surface area (Å²) in [7, 11) is 0. The summed E-state index contributed by atoms with van der Waals surface area (Å²) in [6, 6.07) is 15.1. The van der Waals surface area contributed by atoms with E-state index in [-0.39, 0.29) is 11.8 Å². The number of amides is 2. The summed E-state index contributed by atoms with van der Waals surface area (Å²) in [5, 5.41) is 0. The molecule has 0 aromatic heterocycles. The minimum atomic E-state index is -0.244. The molecule has 0 unspecified atom stereocenters. The SMILES string of the molecule is Cc1ccc(C2=C(N3CCCCC3)C(=O)N(c3ccc(Br)cc3)C2=O)cc1. The number of benzene rings is 2. The predicted molar refractivity (Wildman–Crippen MR) is 110 cm³/mol. The van der Waals surface area contributed by atoms with E-state index in [1.165, 1.54) is 11.3 Å². The normalized spacial score (nSPS) is 17.9. The number of likely N-dealkylation sites (tertiary alicyclic amines) is 1. The van der Waals surface area contributed by atoms with Gasteiger partial charge in [-0.05, 0) is 56.0 Å². The Morgan fingerprint density at radius 3 is 2.07 bits per heavy atom. The van der Waals surface area contributed by atoms with Crippen LogP contribution in [0, 0.1) is 6.92 Å². The Morgan fingerprint density at radius 2 is 1.44 bits per heavy atom. The van der Waals surface area contributed by atoms with Gasteiger partial charge in [-0.25, -0.2) is 4.90 Å². The molecule has 5 heteroatoms. The van der Waals surface area contributed by atoms with E-state index in [1.807, 2.05) is 43.3 Å². The molecule has 2 heterocycles. The molecule has 2 aromatic carbocycles. The fraction of sp³-hybridized carbons (Fsp3) is 0.273. The van der Waals surface area contributed by atoms with Crippen molar-refractivity contribution in [1.29, 1.82) is 0 Å². The highest BCUT2D eigenvalue weighted by molar-refractivity contribution is 9.10. The summed E-state index contributed by atoms with van der Waals surface area (Å²) in [5.41, 5.74) is 3.60. The van der Waals surface area contributed by atoms with Gasteiger partial charge in [0, 0.05) is 17.6 Å². The Balaban J connectivity index is 1.81. The van der Waals surface area contributed by atoms with E-state index < -0.39 is 0 Å². The van der Waals surface area contributed by atoms with Gasteiger partial charge in [0.05, 0.1) is 11.3 Å². The second kappa shape index (κ2) is 7.31. The number of aryl methyl sites for hydroxylation is 1. The number of rotatable bonds is 3. The Labute approximate surface area is 167 Å². The molecule has 2 aromatic rings. The van der Waals surface area contributed by atoms with Crippen molar-refractivity contribution < 1.29 is 9.59 Å². The van der Waals surface area contributed by atoms with Crippen molar-refractivity contribution in [3.05, 3.63) is 69.8 Å². The van der Waals surface area contributed by atoms with Gasteiger partial charge in [0.25, 0.3) is 11.8 Å². The van der Waals surface area contributed by atoms with Crippen molar-refractivity contribution in [2.45, 2.75) is 26.2 Å². The topological polar surface area (TPSA) is 40.6 Å². The molecular formula is C22H21BrN2O2. The van der Waals surface area contributed by atoms with Gasteiger partial charge in [-0.1, -0.05) is 45.8 Å². The molecule has 2 aliphatic heterocycles. The van der Waals surface area contributed by atoms with Gasteiger partial charge in [0.1, 0.15) is 5.70 Å². The Bertz CT molecular complexity index is 910. The van der Waals surface area contributed by atoms with Crippen LogP contribution < -0.4 is 4.90 Å². The summed E-state index contributed by atoms with van der Waals surface area (Å²) in [4.78, 5) is 30.1. The molecule has 27 heavy (non-hydrogen) atoms. The smallest absolute Gasteiger partial charge is 0.282 e. The maximum atomic E-state index is 13.3. The predicted octanol–water partition coefficient (Wildman–Crippen LogP) is 4.53. The van der Waals surface area contributed by atoms with E-state index in [9.17, 15) is 9.59 Å². The van der Waals surface area contributed by atoms with Crippen molar-refractivity contribution in [1.82, 2.24) is 4.90 Å². The fourth-order valence-electron chi connectivity index (χ4n) is 3.73. The summed E-state index contributed by atoms with van der Waals surface area (Å²) in [6.07, 6.45) is 3.26. The zero-order valence-corrected chi connectivity index (χ0v) is 16.8. The van der Waals surface area contributed by atoms with Gasteiger partial charge in [-0.3, -0.25) is 9.59 Å². The van der Waals surface area contributed by atoms with Crippen LogP contribution in [0.15, 0.2) is 58.7 Å². The third kappa shape index (κ3) is 3.32. The van der Waals surface area contributed by atoms with Crippen LogP contribution in [0.25, 0.3) is 5.57 Å². The zero-order valence-electron chi connectivity index (χ0n) is 15.2. The van der Waals surface area contributed by atoms with Crippen LogP contribution in [0.4, 0.5) is 5.69 Å². The van der Waals surface area contributed by atoms with Crippen LogP contribution in [0.2, 0.25) is 0 Å². The molecule has 2 amide bonds. The summed E-state index contributed by atoms with van der Waals surface area (Å²) in [6.45, 7) is 3.65. The number of anilines is 1. The zero-order chi connectivity index (χ0) is 19.0. The molecule has 0 radical (unpaired) electrons. The number of hydrogen-bond donors (Lipinski definition) is 0. The molecule has 1 saturated heterocycles. The lowest BCUT2D eigenvalue weighted by Gasteiger charge is -2.29. The van der Waals surface area contributed by atoms with Gasteiger partial charge in [0.2, 0.25) is 0 Å². The third-order valence-corrected chi connectivity index (χ3v) is 5.69. The minimum absolute atomic E-state index is 0.222. The number of carbonyl (C=O) groups is 2. The summed E-state index contributed by atoms with van der Waals surface area (Å²) < 4.78 is 0.910. The maximum absolute atomic E-state index is 13.3. The van der Waals surface area contributed by atoms with Crippen molar-refractivity contribution in [2.24, 2.45) is 0 Å². The fourth-order valence-corrected chi connectivity index (χ4v) is 4.00. The first-order chi connectivity index (χ1) is 13.1. The van der Waals surface area contributed by atoms with Gasteiger partial charge < -0.3 is 4.90 Å². The summed E-state index contributed by atoms with van der Waals surface area (Å²) in [5.74, 6) is -0.466. The average Bonchev–Trinajstić information content (AvgIpc) is 2.94. The molecule has 1 fully saturated rings. The number of nitrogens with zero attached hydrogens (tertiary/aromatic N) is 2. The molecule has 0 atom stereocenters. The molecule has 2 aliphatic rings. The molecule has 0 spiro atoms. The Kier molecular flexibility index (Phi) is 4.87. The summed E-state index contributed by atoms with van der Waals surface area (Å²) >= 11 is 3.41. The second-order valence-electron chi connectivity index (χ2n) is 7.06. The van der Waals surface area contributed by atoms with E-state index >= 15 is 0 Å². The molecule has 4 rings (SSSR count). The highest BCUT2D eigenvalue weighted by Gasteiger charge is 2.42. The molecular weight excluding hydrogens is 404 g/mol. The van der Waals surface area contributed by atoms with E-state index in [0.717, 1.165) is 41.5 Å². The lowest BCUT2D eigenvalue weighted by atomic mass is 10.0. The number of halogens is 1. The van der Waals surface area contributed by atoms with Crippen LogP contribution in [0.1, 0.15) is 30.4 Å². The van der Waals surface area contributed by atoms with Gasteiger partial charge in [0.15, 0.2) is 0 Å². The van der Waals surface area contributed by atoms with Crippen molar-refractivity contribution >= 4 is 39.0 Å². The van der Waals surface area contributed by atoms with Crippen LogP contribution >= 0.6 is 15.9 Å². The Hall–Kier alpha value is -2.40. The van der Waals surface area contributed by atoms with E-state index in [1.54, 1.807) is 12.1 Å². The minimum Gasteiger partial charge on any atom is -0.366 e. The quantitative estimate of drug-likeness (QED) is 0.679. The highest BCUT2D eigenvalue weighted by atomic mass is 79.9. The molecule has 0 N–H and O–H groups in total. The molecule has 0 aliphatic carbocycles. The van der Waals surface area contributed by atoms with Crippen molar-refractivity contribution in [3.63, 3.8) is 0 Å². The van der Waals surface area contributed by atoms with Crippen LogP contribution in [-0.2, 0) is 9.59 Å². The van der Waals surface area contributed by atoms with Gasteiger partial charge >= 0.3 is 0 Å². The van der Waals surface area contributed by atoms with Crippen LogP contribution in [-0.4, -0.2) is 29.8 Å². The van der Waals surface area contributed by atoms with Crippen molar-refractivity contribution in [2.75, 3.05) is 18.0 Å². The molecule has 0 bridgehead atoms. The lowest BCUT2D eigenvalue weighted by molar-refractivity contribution is -0.120. The molecule has 0 saturated carbocycles. The van der Waals surface area contributed by atoms with Crippen LogP contribution in [0.5, 0.6) is 0 Å². The number of piperidine rings is 1. The Morgan fingerprint density at radius 1 is 0.815 bits per heavy atom. The number of carbonyl (C=O) groups excluding carboxylic acids is 2. The average molecular weight is 425 g/mol. The van der Waals surface area contributed by atoms with Gasteiger partial charge in [-0.2, -0.15) is 0 Å². The van der Waals surface area contributed by atoms with E-state index in [4.69, 9.17) is 0 Å². The third-order valence-electron chi connectivity index (χ3n) is 5.16.